The summed E-state index contributed by atoms with van der Waals surface area (Å²) in [6.07, 6.45) is 0.317. The zero-order chi connectivity index (χ0) is 9.40. The topological polar surface area (TPSA) is 24.5 Å². The van der Waals surface area contributed by atoms with Gasteiger partial charge >= 0.3 is 0 Å². The monoisotopic (exact) mass is 174 g/mol. The maximum Gasteiger partial charge on any atom is 0.0667 e. The van der Waals surface area contributed by atoms with Crippen LogP contribution in [0.1, 0.15) is 13.8 Å². The van der Waals surface area contributed by atoms with Crippen LogP contribution in [0.4, 0.5) is 0 Å². The zero-order valence-corrected chi connectivity index (χ0v) is 8.76. The third-order valence-corrected chi connectivity index (χ3v) is 2.04. The molecule has 0 aliphatic heterocycles. The number of rotatable bonds is 7. The van der Waals surface area contributed by atoms with Crippen LogP contribution in [0.15, 0.2) is 0 Å². The Bertz CT molecular complexity index is 86.5. The van der Waals surface area contributed by atoms with Crippen LogP contribution >= 0.6 is 0 Å². The molecule has 74 valence electrons. The second-order valence-electron chi connectivity index (χ2n) is 3.15. The summed E-state index contributed by atoms with van der Waals surface area (Å²) in [6.45, 7) is 8.43. The minimum absolute atomic E-state index is 0.317. The van der Waals surface area contributed by atoms with Gasteiger partial charge in [-0.25, -0.2) is 0 Å². The normalized spacial score (nSPS) is 13.8. The van der Waals surface area contributed by atoms with Crippen LogP contribution in [0.5, 0.6) is 0 Å². The number of hydrogen-bond acceptors (Lipinski definition) is 3. The van der Waals surface area contributed by atoms with Crippen LogP contribution < -0.4 is 5.32 Å². The van der Waals surface area contributed by atoms with Crippen molar-refractivity contribution in [3.63, 3.8) is 0 Å². The van der Waals surface area contributed by atoms with Crippen LogP contribution in [0.2, 0.25) is 0 Å². The number of methoxy groups -OCH3 is 1. The Morgan fingerprint density at radius 2 is 2.17 bits per heavy atom. The molecule has 0 aromatic carbocycles. The standard InChI is InChI=1S/C9H22N2O/c1-5-11(3)7-6-10-8-9(2)12-4/h9-10H,5-8H2,1-4H3. The first-order valence-electron chi connectivity index (χ1n) is 4.62. The Kier molecular flexibility index (Phi) is 7.45. The lowest BCUT2D eigenvalue weighted by molar-refractivity contribution is 0.116. The molecular formula is C9H22N2O. The van der Waals surface area contributed by atoms with Crippen molar-refractivity contribution in [2.45, 2.75) is 20.0 Å². The maximum absolute atomic E-state index is 5.11. The van der Waals surface area contributed by atoms with Crippen molar-refractivity contribution in [2.75, 3.05) is 40.3 Å². The summed E-state index contributed by atoms with van der Waals surface area (Å²) in [5, 5.41) is 3.33. The predicted molar refractivity (Wildman–Crippen MR) is 52.5 cm³/mol. The molecule has 0 aliphatic rings. The van der Waals surface area contributed by atoms with Crippen LogP contribution in [-0.2, 0) is 4.74 Å². The van der Waals surface area contributed by atoms with Gasteiger partial charge in [0.05, 0.1) is 6.10 Å². The van der Waals surface area contributed by atoms with E-state index in [4.69, 9.17) is 4.74 Å². The van der Waals surface area contributed by atoms with Gasteiger partial charge in [0.2, 0.25) is 0 Å². The van der Waals surface area contributed by atoms with Crippen molar-refractivity contribution in [1.29, 1.82) is 0 Å². The number of likely N-dealkylation sites (N-methyl/N-ethyl adjacent to an activating group) is 1. The summed E-state index contributed by atoms with van der Waals surface area (Å²) < 4.78 is 5.11. The lowest BCUT2D eigenvalue weighted by atomic mass is 10.4. The van der Waals surface area contributed by atoms with Gasteiger partial charge in [0.1, 0.15) is 0 Å². The molecule has 0 aromatic rings. The van der Waals surface area contributed by atoms with Crippen molar-refractivity contribution in [2.24, 2.45) is 0 Å². The van der Waals surface area contributed by atoms with Gasteiger partial charge < -0.3 is 15.0 Å². The Balaban J connectivity index is 3.10. The van der Waals surface area contributed by atoms with E-state index in [1.165, 1.54) is 0 Å². The minimum Gasteiger partial charge on any atom is -0.380 e. The molecule has 0 spiro atoms. The highest BCUT2D eigenvalue weighted by Crippen LogP contribution is 1.83. The first-order valence-corrected chi connectivity index (χ1v) is 4.62. The zero-order valence-electron chi connectivity index (χ0n) is 8.76. The van der Waals surface area contributed by atoms with Crippen LogP contribution in [0.25, 0.3) is 0 Å². The molecule has 0 fully saturated rings. The average molecular weight is 174 g/mol. The lowest BCUT2D eigenvalue weighted by Crippen LogP contribution is -2.33. The molecule has 0 rings (SSSR count). The van der Waals surface area contributed by atoms with E-state index in [1.807, 2.05) is 0 Å². The van der Waals surface area contributed by atoms with Gasteiger partial charge in [0.15, 0.2) is 0 Å². The molecule has 0 saturated heterocycles. The SMILES string of the molecule is CCN(C)CCNCC(C)OC. The van der Waals surface area contributed by atoms with Crippen molar-refractivity contribution in [1.82, 2.24) is 10.2 Å². The second-order valence-corrected chi connectivity index (χ2v) is 3.15. The molecule has 1 unspecified atom stereocenters. The molecular weight excluding hydrogens is 152 g/mol. The fourth-order valence-corrected chi connectivity index (χ4v) is 0.817. The van der Waals surface area contributed by atoms with Gasteiger partial charge in [0, 0.05) is 26.7 Å². The van der Waals surface area contributed by atoms with Gasteiger partial charge in [0.25, 0.3) is 0 Å². The molecule has 0 amide bonds. The molecule has 0 heterocycles. The first kappa shape index (κ1) is 11.9. The summed E-state index contributed by atoms with van der Waals surface area (Å²) in [5.74, 6) is 0. The number of hydrogen-bond donors (Lipinski definition) is 1. The summed E-state index contributed by atoms with van der Waals surface area (Å²) in [5.41, 5.74) is 0. The van der Waals surface area contributed by atoms with Crippen LogP contribution in [0, 0.1) is 0 Å². The molecule has 0 bridgehead atoms. The summed E-state index contributed by atoms with van der Waals surface area (Å²) in [7, 11) is 3.87. The van der Waals surface area contributed by atoms with Crippen molar-refractivity contribution >= 4 is 0 Å². The maximum atomic E-state index is 5.11. The molecule has 0 aromatic heterocycles. The summed E-state index contributed by atoms with van der Waals surface area (Å²) >= 11 is 0. The van der Waals surface area contributed by atoms with Crippen LogP contribution in [0.3, 0.4) is 0 Å². The molecule has 1 N–H and O–H groups in total. The molecule has 3 nitrogen and oxygen atoms in total. The molecule has 0 saturated carbocycles. The Morgan fingerprint density at radius 1 is 1.50 bits per heavy atom. The van der Waals surface area contributed by atoms with E-state index >= 15 is 0 Å². The van der Waals surface area contributed by atoms with E-state index in [1.54, 1.807) is 7.11 Å². The van der Waals surface area contributed by atoms with Gasteiger partial charge in [-0.15, -0.1) is 0 Å². The van der Waals surface area contributed by atoms with E-state index < -0.39 is 0 Å². The highest BCUT2D eigenvalue weighted by molar-refractivity contribution is 4.56. The third kappa shape index (κ3) is 6.58. The lowest BCUT2D eigenvalue weighted by Gasteiger charge is -2.15. The molecule has 0 radical (unpaired) electrons. The summed E-state index contributed by atoms with van der Waals surface area (Å²) in [4.78, 5) is 2.28. The van der Waals surface area contributed by atoms with E-state index in [2.05, 4.69) is 31.1 Å². The van der Waals surface area contributed by atoms with Gasteiger partial charge in [-0.3, -0.25) is 0 Å². The smallest absolute Gasteiger partial charge is 0.0667 e. The van der Waals surface area contributed by atoms with Gasteiger partial charge in [-0.2, -0.15) is 0 Å². The largest absolute Gasteiger partial charge is 0.380 e. The number of nitrogens with zero attached hydrogens (tertiary/aromatic N) is 1. The average Bonchev–Trinajstić information content (AvgIpc) is 2.11. The highest BCUT2D eigenvalue weighted by Gasteiger charge is 1.98. The van der Waals surface area contributed by atoms with Crippen LogP contribution in [-0.4, -0.2) is 51.3 Å². The van der Waals surface area contributed by atoms with Crippen molar-refractivity contribution in [3.05, 3.63) is 0 Å². The fourth-order valence-electron chi connectivity index (χ4n) is 0.817. The molecule has 0 aliphatic carbocycles. The molecule has 3 heteroatoms. The predicted octanol–water partition coefficient (Wildman–Crippen LogP) is 0.563. The Labute approximate surface area is 76.1 Å². The van der Waals surface area contributed by atoms with Gasteiger partial charge in [-0.1, -0.05) is 6.92 Å². The molecule has 12 heavy (non-hydrogen) atoms. The quantitative estimate of drug-likeness (QED) is 0.571. The second kappa shape index (κ2) is 7.53. The van der Waals surface area contributed by atoms with E-state index in [-0.39, 0.29) is 0 Å². The summed E-state index contributed by atoms with van der Waals surface area (Å²) in [6, 6.07) is 0. The van der Waals surface area contributed by atoms with Crippen molar-refractivity contribution < 1.29 is 4.74 Å². The highest BCUT2D eigenvalue weighted by atomic mass is 16.5. The van der Waals surface area contributed by atoms with Gasteiger partial charge in [-0.05, 0) is 20.5 Å². The third-order valence-electron chi connectivity index (χ3n) is 2.04. The first-order chi connectivity index (χ1) is 5.70. The van der Waals surface area contributed by atoms with E-state index in [9.17, 15) is 0 Å². The number of nitrogens with one attached hydrogen (secondary N) is 1. The minimum atomic E-state index is 0.317. The van der Waals surface area contributed by atoms with E-state index in [0.717, 1.165) is 26.2 Å². The number of ether oxygens (including phenoxy) is 1. The van der Waals surface area contributed by atoms with E-state index in [0.29, 0.717) is 6.10 Å². The Hall–Kier alpha value is -0.120. The fraction of sp³-hybridized carbons (Fsp3) is 1.00. The Morgan fingerprint density at radius 3 is 2.67 bits per heavy atom. The van der Waals surface area contributed by atoms with Crippen molar-refractivity contribution in [3.8, 4) is 0 Å². The molecule has 1 atom stereocenters.